The van der Waals surface area contributed by atoms with E-state index in [2.05, 4.69) is 49.2 Å². The second-order valence-electron chi connectivity index (χ2n) is 3.48. The zero-order chi connectivity index (χ0) is 9.52. The highest BCUT2D eigenvalue weighted by Gasteiger charge is 1.91. The van der Waals surface area contributed by atoms with Gasteiger partial charge in [0.05, 0.1) is 6.54 Å². The summed E-state index contributed by atoms with van der Waals surface area (Å²) in [6, 6.07) is 0.519. The lowest BCUT2D eigenvalue weighted by molar-refractivity contribution is 0.638. The summed E-state index contributed by atoms with van der Waals surface area (Å²) in [5.74, 6) is 6.24. The van der Waals surface area contributed by atoms with Gasteiger partial charge in [-0.05, 0) is 26.7 Å². The van der Waals surface area contributed by atoms with Crippen molar-refractivity contribution in [1.82, 2.24) is 5.32 Å². The summed E-state index contributed by atoms with van der Waals surface area (Å²) in [5.41, 5.74) is 1.16. The molecule has 1 aliphatic carbocycles. The molecule has 1 N–H and O–H groups in total. The van der Waals surface area contributed by atoms with Crippen LogP contribution in [0, 0.1) is 11.8 Å². The number of nitrogens with one attached hydrogen (secondary N) is 1. The lowest BCUT2D eigenvalue weighted by atomic mass is 10.1. The lowest BCUT2D eigenvalue weighted by Gasteiger charge is -2.02. The first kappa shape index (κ1) is 10.1. The molecule has 0 aromatic carbocycles. The van der Waals surface area contributed by atoms with Gasteiger partial charge < -0.3 is 5.32 Å². The Kier molecular flexibility index (Phi) is 4.35. The minimum Gasteiger partial charge on any atom is -0.304 e. The predicted molar refractivity (Wildman–Crippen MR) is 57.4 cm³/mol. The third-order valence-corrected chi connectivity index (χ3v) is 1.83. The van der Waals surface area contributed by atoms with Crippen LogP contribution in [0.25, 0.3) is 0 Å². The van der Waals surface area contributed by atoms with Crippen LogP contribution in [-0.2, 0) is 0 Å². The molecule has 0 aromatic heterocycles. The van der Waals surface area contributed by atoms with E-state index in [1.54, 1.807) is 0 Å². The zero-order valence-electron chi connectivity index (χ0n) is 8.43. The fraction of sp³-hybridized carbons (Fsp3) is 0.500. The Labute approximate surface area is 80.9 Å². The highest BCUT2D eigenvalue weighted by Crippen LogP contribution is 2.07. The summed E-state index contributed by atoms with van der Waals surface area (Å²) >= 11 is 0. The van der Waals surface area contributed by atoms with E-state index in [4.69, 9.17) is 0 Å². The van der Waals surface area contributed by atoms with Crippen molar-refractivity contribution in [3.8, 4) is 11.8 Å². The van der Waals surface area contributed by atoms with Crippen LogP contribution >= 0.6 is 0 Å². The van der Waals surface area contributed by atoms with Crippen molar-refractivity contribution < 1.29 is 0 Å². The summed E-state index contributed by atoms with van der Waals surface area (Å²) in [4.78, 5) is 0. The van der Waals surface area contributed by atoms with Gasteiger partial charge in [-0.1, -0.05) is 30.1 Å². The summed E-state index contributed by atoms with van der Waals surface area (Å²) in [7, 11) is 0. The third-order valence-electron chi connectivity index (χ3n) is 1.83. The molecular formula is C12H17N. The molecule has 1 heteroatoms. The highest BCUT2D eigenvalue weighted by atomic mass is 14.9. The van der Waals surface area contributed by atoms with Gasteiger partial charge in [0.25, 0.3) is 0 Å². The van der Waals surface area contributed by atoms with Gasteiger partial charge in [-0.3, -0.25) is 0 Å². The normalized spacial score (nSPS) is 15.2. The van der Waals surface area contributed by atoms with Gasteiger partial charge in [0.2, 0.25) is 0 Å². The molecule has 13 heavy (non-hydrogen) atoms. The first-order valence-corrected chi connectivity index (χ1v) is 4.88. The Balaban J connectivity index is 2.30. The van der Waals surface area contributed by atoms with Crippen LogP contribution in [0.5, 0.6) is 0 Å². The van der Waals surface area contributed by atoms with Crippen molar-refractivity contribution >= 4 is 0 Å². The molecule has 0 atom stereocenters. The van der Waals surface area contributed by atoms with Gasteiger partial charge in [-0.15, -0.1) is 0 Å². The molecule has 0 unspecified atom stereocenters. The van der Waals surface area contributed by atoms with Crippen LogP contribution in [-0.4, -0.2) is 12.6 Å². The largest absolute Gasteiger partial charge is 0.304 e. The topological polar surface area (TPSA) is 12.0 Å². The van der Waals surface area contributed by atoms with E-state index in [1.165, 1.54) is 0 Å². The molecule has 0 bridgehead atoms. The van der Waals surface area contributed by atoms with Gasteiger partial charge in [-0.25, -0.2) is 0 Å². The van der Waals surface area contributed by atoms with E-state index in [0.717, 1.165) is 25.0 Å². The van der Waals surface area contributed by atoms with Gasteiger partial charge in [0, 0.05) is 11.6 Å². The predicted octanol–water partition coefficient (Wildman–Crippen LogP) is 2.26. The molecule has 70 valence electrons. The van der Waals surface area contributed by atoms with Crippen molar-refractivity contribution in [3.05, 3.63) is 23.8 Å². The van der Waals surface area contributed by atoms with Crippen LogP contribution in [0.3, 0.4) is 0 Å². The van der Waals surface area contributed by atoms with Gasteiger partial charge in [0.1, 0.15) is 0 Å². The average Bonchev–Trinajstić information content (AvgIpc) is 2.14. The van der Waals surface area contributed by atoms with Gasteiger partial charge >= 0.3 is 0 Å². The molecule has 0 fully saturated rings. The zero-order valence-corrected chi connectivity index (χ0v) is 8.43. The Hall–Kier alpha value is -1.00. The smallest absolute Gasteiger partial charge is 0.0582 e. The van der Waals surface area contributed by atoms with Gasteiger partial charge in [0.15, 0.2) is 0 Å². The second kappa shape index (κ2) is 5.61. The Morgan fingerprint density at radius 2 is 2.31 bits per heavy atom. The highest BCUT2D eigenvalue weighted by molar-refractivity contribution is 5.39. The van der Waals surface area contributed by atoms with Crippen molar-refractivity contribution in [2.75, 3.05) is 6.54 Å². The monoisotopic (exact) mass is 175 g/mol. The molecular weight excluding hydrogens is 158 g/mol. The quantitative estimate of drug-likeness (QED) is 0.635. The molecule has 1 nitrogen and oxygen atoms in total. The SMILES string of the molecule is CC(C)NCC#CC1=CCCC=C1. The van der Waals surface area contributed by atoms with E-state index < -0.39 is 0 Å². The van der Waals surface area contributed by atoms with E-state index in [0.29, 0.717) is 6.04 Å². The van der Waals surface area contributed by atoms with E-state index in [9.17, 15) is 0 Å². The molecule has 0 amide bonds. The molecule has 0 aliphatic heterocycles. The minimum absolute atomic E-state index is 0.519. The second-order valence-corrected chi connectivity index (χ2v) is 3.48. The maximum absolute atomic E-state index is 3.26. The maximum Gasteiger partial charge on any atom is 0.0582 e. The van der Waals surface area contributed by atoms with E-state index in [-0.39, 0.29) is 0 Å². The maximum atomic E-state index is 3.26. The van der Waals surface area contributed by atoms with Crippen molar-refractivity contribution in [2.24, 2.45) is 0 Å². The fourth-order valence-electron chi connectivity index (χ4n) is 1.11. The fourth-order valence-corrected chi connectivity index (χ4v) is 1.11. The molecule has 0 saturated heterocycles. The van der Waals surface area contributed by atoms with Gasteiger partial charge in [-0.2, -0.15) is 0 Å². The first-order valence-electron chi connectivity index (χ1n) is 4.88. The lowest BCUT2D eigenvalue weighted by Crippen LogP contribution is -2.22. The van der Waals surface area contributed by atoms with E-state index >= 15 is 0 Å². The molecule has 0 radical (unpaired) electrons. The van der Waals surface area contributed by atoms with Crippen LogP contribution in [0.2, 0.25) is 0 Å². The first-order chi connectivity index (χ1) is 6.29. The summed E-state index contributed by atoms with van der Waals surface area (Å²) in [6.45, 7) is 5.03. The van der Waals surface area contributed by atoms with Crippen LogP contribution in [0.15, 0.2) is 23.8 Å². The standard InChI is InChI=1S/C12H17N/c1-11(2)13-10-6-9-12-7-4-3-5-8-12/h4,7-8,11,13H,3,5,10H2,1-2H3. The molecule has 0 aromatic rings. The van der Waals surface area contributed by atoms with E-state index in [1.807, 2.05) is 0 Å². The summed E-state index contributed by atoms with van der Waals surface area (Å²) in [6.07, 6.45) is 8.78. The Morgan fingerprint density at radius 1 is 1.46 bits per heavy atom. The number of hydrogen-bond acceptors (Lipinski definition) is 1. The Morgan fingerprint density at radius 3 is 2.92 bits per heavy atom. The number of rotatable bonds is 2. The van der Waals surface area contributed by atoms with Crippen LogP contribution in [0.4, 0.5) is 0 Å². The molecule has 1 rings (SSSR count). The average molecular weight is 175 g/mol. The molecule has 0 spiro atoms. The number of allylic oxidation sites excluding steroid dienone is 4. The van der Waals surface area contributed by atoms with Crippen molar-refractivity contribution in [3.63, 3.8) is 0 Å². The van der Waals surface area contributed by atoms with Crippen molar-refractivity contribution in [2.45, 2.75) is 32.7 Å². The number of hydrogen-bond donors (Lipinski definition) is 1. The molecule has 1 aliphatic rings. The Bertz CT molecular complexity index is 261. The summed E-state index contributed by atoms with van der Waals surface area (Å²) in [5, 5.41) is 3.26. The minimum atomic E-state index is 0.519. The van der Waals surface area contributed by atoms with Crippen LogP contribution < -0.4 is 5.32 Å². The molecule has 0 saturated carbocycles. The molecule has 0 heterocycles. The van der Waals surface area contributed by atoms with Crippen molar-refractivity contribution in [1.29, 1.82) is 0 Å². The van der Waals surface area contributed by atoms with Crippen LogP contribution in [0.1, 0.15) is 26.7 Å². The summed E-state index contributed by atoms with van der Waals surface area (Å²) < 4.78 is 0. The third kappa shape index (κ3) is 4.55.